The highest BCUT2D eigenvalue weighted by molar-refractivity contribution is 6.39. The summed E-state index contributed by atoms with van der Waals surface area (Å²) < 4.78 is 38.4. The van der Waals surface area contributed by atoms with E-state index in [1.54, 1.807) is 0 Å². The number of nitro groups is 1. The fraction of sp³-hybridized carbons (Fsp3) is 0.0625. The van der Waals surface area contributed by atoms with Gasteiger partial charge in [-0.05, 0) is 24.3 Å². The topological polar surface area (TPSA) is 114 Å². The molecular formula is C16H10ClF3N4O4. The number of carbonyl (C=O) groups is 2. The molecule has 0 heterocycles. The van der Waals surface area contributed by atoms with Crippen LogP contribution in [0, 0.1) is 10.1 Å². The third kappa shape index (κ3) is 5.27. The maximum absolute atomic E-state index is 12.8. The van der Waals surface area contributed by atoms with E-state index < -0.39 is 33.5 Å². The number of para-hydroxylation sites is 1. The highest BCUT2D eigenvalue weighted by Crippen LogP contribution is 2.36. The first-order valence-electron chi connectivity index (χ1n) is 7.34. The van der Waals surface area contributed by atoms with Crippen molar-refractivity contribution in [2.75, 3.05) is 5.32 Å². The van der Waals surface area contributed by atoms with E-state index in [0.717, 1.165) is 18.3 Å². The minimum Gasteiger partial charge on any atom is -0.318 e. The number of carbonyl (C=O) groups excluding carboxylic acids is 2. The predicted molar refractivity (Wildman–Crippen MR) is 93.9 cm³/mol. The molecule has 2 aromatic rings. The lowest BCUT2D eigenvalue weighted by Crippen LogP contribution is -2.32. The van der Waals surface area contributed by atoms with E-state index in [0.29, 0.717) is 6.07 Å². The average molecular weight is 415 g/mol. The van der Waals surface area contributed by atoms with Gasteiger partial charge in [0.05, 0.1) is 27.3 Å². The molecule has 2 N–H and O–H groups in total. The smallest absolute Gasteiger partial charge is 0.318 e. The molecule has 0 saturated carbocycles. The van der Waals surface area contributed by atoms with Crippen LogP contribution in [0.3, 0.4) is 0 Å². The number of hydrogen-bond acceptors (Lipinski definition) is 5. The number of benzene rings is 2. The lowest BCUT2D eigenvalue weighted by molar-refractivity contribution is -0.385. The monoisotopic (exact) mass is 414 g/mol. The van der Waals surface area contributed by atoms with Gasteiger partial charge in [-0.1, -0.05) is 23.7 Å². The standard InChI is InChI=1S/C16H10ClF3N4O4/c17-12-6-5-10(7-11(12)16(18,19)20)22-14(25)15(26)23-21-8-9-3-1-2-4-13(9)24(27)28/h1-8H,(H,22,25)(H,23,26). The molecule has 0 unspecified atom stereocenters. The lowest BCUT2D eigenvalue weighted by atomic mass is 10.2. The van der Waals surface area contributed by atoms with Crippen LogP contribution in [0.15, 0.2) is 47.6 Å². The van der Waals surface area contributed by atoms with Gasteiger partial charge in [-0.15, -0.1) is 0 Å². The van der Waals surface area contributed by atoms with E-state index in [1.165, 1.54) is 24.3 Å². The Bertz CT molecular complexity index is 963. The van der Waals surface area contributed by atoms with Crippen molar-refractivity contribution in [1.82, 2.24) is 5.43 Å². The minimum atomic E-state index is -4.74. The number of alkyl halides is 3. The Hall–Kier alpha value is -3.47. The number of anilines is 1. The van der Waals surface area contributed by atoms with Gasteiger partial charge in [-0.25, -0.2) is 5.43 Å². The number of nitrogens with zero attached hydrogens (tertiary/aromatic N) is 2. The van der Waals surface area contributed by atoms with Gasteiger partial charge in [0, 0.05) is 11.8 Å². The molecule has 12 heteroatoms. The Morgan fingerprint density at radius 2 is 1.82 bits per heavy atom. The van der Waals surface area contributed by atoms with Gasteiger partial charge in [-0.2, -0.15) is 18.3 Å². The summed E-state index contributed by atoms with van der Waals surface area (Å²) in [6, 6.07) is 8.09. The van der Waals surface area contributed by atoms with E-state index in [2.05, 4.69) is 5.10 Å². The van der Waals surface area contributed by atoms with Crippen molar-refractivity contribution >= 4 is 41.0 Å². The van der Waals surface area contributed by atoms with Gasteiger partial charge in [0.2, 0.25) is 0 Å². The van der Waals surface area contributed by atoms with Crippen molar-refractivity contribution in [2.24, 2.45) is 5.10 Å². The lowest BCUT2D eigenvalue weighted by Gasteiger charge is -2.11. The minimum absolute atomic E-state index is 0.0701. The Labute approximate surface area is 160 Å². The van der Waals surface area contributed by atoms with E-state index >= 15 is 0 Å². The summed E-state index contributed by atoms with van der Waals surface area (Å²) in [6.45, 7) is 0. The Balaban J connectivity index is 2.05. The van der Waals surface area contributed by atoms with Crippen LogP contribution in [-0.2, 0) is 15.8 Å². The van der Waals surface area contributed by atoms with Crippen LogP contribution in [0.1, 0.15) is 11.1 Å². The molecule has 2 aromatic carbocycles. The third-order valence-electron chi connectivity index (χ3n) is 3.24. The summed E-state index contributed by atoms with van der Waals surface area (Å²) in [7, 11) is 0. The summed E-state index contributed by atoms with van der Waals surface area (Å²) in [6.07, 6.45) is -3.79. The molecule has 0 aromatic heterocycles. The molecule has 8 nitrogen and oxygen atoms in total. The van der Waals surface area contributed by atoms with Gasteiger partial charge in [0.1, 0.15) is 0 Å². The average Bonchev–Trinajstić information content (AvgIpc) is 2.62. The number of rotatable bonds is 4. The second-order valence-electron chi connectivity index (χ2n) is 5.16. The SMILES string of the molecule is O=C(NN=Cc1ccccc1[N+](=O)[O-])C(=O)Nc1ccc(Cl)c(C(F)(F)F)c1. The maximum Gasteiger partial charge on any atom is 0.417 e. The number of nitro benzene ring substituents is 1. The van der Waals surface area contributed by atoms with Gasteiger partial charge in [0.15, 0.2) is 0 Å². The molecule has 0 radical (unpaired) electrons. The van der Waals surface area contributed by atoms with Crippen molar-refractivity contribution in [3.63, 3.8) is 0 Å². The van der Waals surface area contributed by atoms with Gasteiger partial charge in [-0.3, -0.25) is 19.7 Å². The summed E-state index contributed by atoms with van der Waals surface area (Å²) >= 11 is 5.46. The summed E-state index contributed by atoms with van der Waals surface area (Å²) in [5, 5.41) is 15.7. The summed E-state index contributed by atoms with van der Waals surface area (Å²) in [5.74, 6) is -2.59. The predicted octanol–water partition coefficient (Wildman–Crippen LogP) is 3.36. The maximum atomic E-state index is 12.8. The molecule has 28 heavy (non-hydrogen) atoms. The number of nitrogens with one attached hydrogen (secondary N) is 2. The molecule has 0 aliphatic heterocycles. The molecule has 146 valence electrons. The second kappa shape index (κ2) is 8.48. The normalized spacial score (nSPS) is 11.3. The first-order valence-corrected chi connectivity index (χ1v) is 7.72. The van der Waals surface area contributed by atoms with E-state index in [9.17, 15) is 32.9 Å². The highest BCUT2D eigenvalue weighted by Gasteiger charge is 2.33. The van der Waals surface area contributed by atoms with Crippen LogP contribution in [0.25, 0.3) is 0 Å². The second-order valence-corrected chi connectivity index (χ2v) is 5.57. The molecule has 0 atom stereocenters. The van der Waals surface area contributed by atoms with Crippen molar-refractivity contribution in [2.45, 2.75) is 6.18 Å². The van der Waals surface area contributed by atoms with Crippen LogP contribution in [0.5, 0.6) is 0 Å². The molecule has 0 bridgehead atoms. The summed E-state index contributed by atoms with van der Waals surface area (Å²) in [4.78, 5) is 33.6. The van der Waals surface area contributed by atoms with Crippen molar-refractivity contribution in [1.29, 1.82) is 0 Å². The third-order valence-corrected chi connectivity index (χ3v) is 3.57. The van der Waals surface area contributed by atoms with Crippen LogP contribution >= 0.6 is 11.6 Å². The van der Waals surface area contributed by atoms with E-state index in [1.807, 2.05) is 10.7 Å². The quantitative estimate of drug-likeness (QED) is 0.345. The molecule has 0 saturated heterocycles. The van der Waals surface area contributed by atoms with E-state index in [4.69, 9.17) is 11.6 Å². The molecular weight excluding hydrogens is 405 g/mol. The first kappa shape index (κ1) is 20.8. The zero-order chi connectivity index (χ0) is 20.9. The fourth-order valence-corrected chi connectivity index (χ4v) is 2.21. The first-order chi connectivity index (χ1) is 13.1. The van der Waals surface area contributed by atoms with Crippen molar-refractivity contribution in [3.8, 4) is 0 Å². The zero-order valence-electron chi connectivity index (χ0n) is 13.7. The fourth-order valence-electron chi connectivity index (χ4n) is 1.98. The summed E-state index contributed by atoms with van der Waals surface area (Å²) in [5.41, 5.74) is 0.134. The van der Waals surface area contributed by atoms with Crippen LogP contribution in [0.4, 0.5) is 24.5 Å². The molecule has 0 spiro atoms. The Kier molecular flexibility index (Phi) is 6.31. The largest absolute Gasteiger partial charge is 0.417 e. The van der Waals surface area contributed by atoms with Crippen molar-refractivity contribution < 1.29 is 27.7 Å². The molecule has 0 fully saturated rings. The number of hydrogen-bond donors (Lipinski definition) is 2. The highest BCUT2D eigenvalue weighted by atomic mass is 35.5. The number of halogens is 4. The molecule has 0 aliphatic rings. The van der Waals surface area contributed by atoms with E-state index in [-0.39, 0.29) is 16.9 Å². The number of amides is 2. The van der Waals surface area contributed by atoms with Crippen LogP contribution < -0.4 is 10.7 Å². The molecule has 2 rings (SSSR count). The van der Waals surface area contributed by atoms with Crippen LogP contribution in [0.2, 0.25) is 5.02 Å². The Morgan fingerprint density at radius 1 is 1.14 bits per heavy atom. The molecule has 2 amide bonds. The van der Waals surface area contributed by atoms with Crippen molar-refractivity contribution in [3.05, 3.63) is 68.7 Å². The Morgan fingerprint density at radius 3 is 2.46 bits per heavy atom. The van der Waals surface area contributed by atoms with Gasteiger partial charge >= 0.3 is 18.0 Å². The molecule has 0 aliphatic carbocycles. The van der Waals surface area contributed by atoms with Gasteiger partial charge < -0.3 is 5.32 Å². The van der Waals surface area contributed by atoms with Gasteiger partial charge in [0.25, 0.3) is 5.69 Å². The number of hydrazone groups is 1. The van der Waals surface area contributed by atoms with Crippen LogP contribution in [-0.4, -0.2) is 23.0 Å². The zero-order valence-corrected chi connectivity index (χ0v) is 14.4.